The van der Waals surface area contributed by atoms with Gasteiger partial charge in [-0.05, 0) is 12.1 Å². The number of hydrogen-bond donors (Lipinski definition) is 0. The smallest absolute Gasteiger partial charge is 0.338 e. The van der Waals surface area contributed by atoms with Crippen LogP contribution in [0.3, 0.4) is 0 Å². The predicted octanol–water partition coefficient (Wildman–Crippen LogP) is 1.68. The van der Waals surface area contributed by atoms with E-state index in [1.54, 1.807) is 24.3 Å². The van der Waals surface area contributed by atoms with Crippen LogP contribution in [-0.4, -0.2) is 171 Å². The van der Waals surface area contributed by atoms with Crippen LogP contribution in [-0.2, 0) is 61.6 Å². The first-order valence-electron chi connectivity index (χ1n) is 16.4. The molecule has 0 aromatic heterocycles. The lowest BCUT2D eigenvalue weighted by atomic mass is 10.2. The fourth-order valence-electron chi connectivity index (χ4n) is 3.40. The standard InChI is InChI=1S/C34H56O14/c1-2-8-36-9-10-37-11-12-38-13-14-39-15-16-40-17-18-41-19-20-42-21-22-43-23-24-44-25-26-45-27-28-46-29-30-47-31-32-48-34(35)33-6-4-3-5-7-33/h1,3-7H,8-32H2. The quantitative estimate of drug-likeness (QED) is 0.0566. The van der Waals surface area contributed by atoms with Crippen molar-refractivity contribution in [2.75, 3.05) is 165 Å². The number of rotatable bonds is 38. The molecule has 48 heavy (non-hydrogen) atoms. The molecule has 1 aromatic carbocycles. The molecule has 0 saturated carbocycles. The van der Waals surface area contributed by atoms with E-state index in [4.69, 9.17) is 68.0 Å². The molecule has 0 spiro atoms. The summed E-state index contributed by atoms with van der Waals surface area (Å²) in [6.45, 7) is 11.5. The van der Waals surface area contributed by atoms with E-state index in [0.29, 0.717) is 164 Å². The highest BCUT2D eigenvalue weighted by Gasteiger charge is 2.05. The molecule has 0 N–H and O–H groups in total. The summed E-state index contributed by atoms with van der Waals surface area (Å²) >= 11 is 0. The number of benzene rings is 1. The van der Waals surface area contributed by atoms with Crippen LogP contribution in [0.5, 0.6) is 0 Å². The minimum Gasteiger partial charge on any atom is -0.460 e. The summed E-state index contributed by atoms with van der Waals surface area (Å²) in [6.07, 6.45) is 5.08. The van der Waals surface area contributed by atoms with Crippen molar-refractivity contribution >= 4 is 5.97 Å². The monoisotopic (exact) mass is 688 g/mol. The molecule has 14 heteroatoms. The normalized spacial score (nSPS) is 11.1. The van der Waals surface area contributed by atoms with Gasteiger partial charge < -0.3 is 61.6 Å². The molecule has 0 aliphatic heterocycles. The lowest BCUT2D eigenvalue weighted by molar-refractivity contribution is -0.0286. The summed E-state index contributed by atoms with van der Waals surface area (Å²) in [5, 5.41) is 0. The molecule has 0 saturated heterocycles. The molecular formula is C34H56O14. The lowest BCUT2D eigenvalue weighted by Crippen LogP contribution is -2.15. The Labute approximate surface area is 285 Å². The second kappa shape index (κ2) is 37.6. The van der Waals surface area contributed by atoms with Crippen molar-refractivity contribution < 1.29 is 66.4 Å². The lowest BCUT2D eigenvalue weighted by Gasteiger charge is -2.09. The van der Waals surface area contributed by atoms with Crippen LogP contribution in [0.15, 0.2) is 30.3 Å². The van der Waals surface area contributed by atoms with E-state index in [2.05, 4.69) is 5.92 Å². The van der Waals surface area contributed by atoms with E-state index in [1.165, 1.54) is 0 Å². The average Bonchev–Trinajstić information content (AvgIpc) is 3.11. The Hall–Kier alpha value is -2.23. The van der Waals surface area contributed by atoms with Gasteiger partial charge in [-0.25, -0.2) is 4.79 Å². The fraction of sp³-hybridized carbons (Fsp3) is 0.735. The topological polar surface area (TPSA) is 137 Å². The number of terminal acetylenes is 1. The minimum atomic E-state index is -0.358. The van der Waals surface area contributed by atoms with Crippen molar-refractivity contribution in [3.63, 3.8) is 0 Å². The van der Waals surface area contributed by atoms with E-state index in [0.717, 1.165) is 0 Å². The highest BCUT2D eigenvalue weighted by molar-refractivity contribution is 5.89. The SMILES string of the molecule is C#CCOCCOCCOCCOCCOCCOCCOCCOCCOCCOCCOCCOCCOC(=O)c1ccccc1. The predicted molar refractivity (Wildman–Crippen MR) is 175 cm³/mol. The Balaban J connectivity index is 1.63. The molecule has 1 rings (SSSR count). The molecule has 276 valence electrons. The van der Waals surface area contributed by atoms with Crippen molar-refractivity contribution in [3.05, 3.63) is 35.9 Å². The Morgan fingerprint density at radius 3 is 0.917 bits per heavy atom. The molecule has 0 atom stereocenters. The van der Waals surface area contributed by atoms with Crippen LogP contribution in [0.4, 0.5) is 0 Å². The minimum absolute atomic E-state index is 0.199. The van der Waals surface area contributed by atoms with E-state index < -0.39 is 0 Å². The van der Waals surface area contributed by atoms with E-state index in [-0.39, 0.29) is 12.6 Å². The zero-order valence-electron chi connectivity index (χ0n) is 28.4. The zero-order chi connectivity index (χ0) is 34.3. The van der Waals surface area contributed by atoms with Crippen molar-refractivity contribution in [1.82, 2.24) is 0 Å². The van der Waals surface area contributed by atoms with Crippen molar-refractivity contribution in [2.45, 2.75) is 0 Å². The molecule has 0 fully saturated rings. The number of esters is 1. The molecule has 0 aliphatic rings. The summed E-state index contributed by atoms with van der Waals surface area (Å²) in [4.78, 5) is 11.8. The highest BCUT2D eigenvalue weighted by Crippen LogP contribution is 2.00. The first kappa shape index (κ1) is 43.8. The summed E-state index contributed by atoms with van der Waals surface area (Å²) in [5.74, 6) is 2.04. The maximum atomic E-state index is 11.8. The van der Waals surface area contributed by atoms with Crippen LogP contribution in [0.25, 0.3) is 0 Å². The van der Waals surface area contributed by atoms with Gasteiger partial charge in [-0.2, -0.15) is 0 Å². The molecule has 14 nitrogen and oxygen atoms in total. The number of carbonyl (C=O) groups is 1. The van der Waals surface area contributed by atoms with Gasteiger partial charge in [-0.15, -0.1) is 6.42 Å². The van der Waals surface area contributed by atoms with Gasteiger partial charge in [-0.1, -0.05) is 24.1 Å². The molecule has 0 radical (unpaired) electrons. The Bertz CT molecular complexity index is 839. The molecule has 0 heterocycles. The molecule has 0 amide bonds. The van der Waals surface area contributed by atoms with Gasteiger partial charge in [0.05, 0.1) is 158 Å². The van der Waals surface area contributed by atoms with Crippen LogP contribution in [0.1, 0.15) is 10.4 Å². The van der Waals surface area contributed by atoms with Crippen LogP contribution in [0.2, 0.25) is 0 Å². The molecule has 0 unspecified atom stereocenters. The molecule has 0 bridgehead atoms. The zero-order valence-corrected chi connectivity index (χ0v) is 28.4. The van der Waals surface area contributed by atoms with Crippen molar-refractivity contribution in [3.8, 4) is 12.3 Å². The first-order chi connectivity index (χ1) is 23.8. The number of carbonyl (C=O) groups excluding carboxylic acids is 1. The Morgan fingerprint density at radius 1 is 0.396 bits per heavy atom. The summed E-state index contributed by atoms with van der Waals surface area (Å²) < 4.78 is 70.0. The van der Waals surface area contributed by atoms with Gasteiger partial charge in [0.2, 0.25) is 0 Å². The molecule has 1 aromatic rings. The second-order valence-electron chi connectivity index (χ2n) is 9.49. The van der Waals surface area contributed by atoms with E-state index >= 15 is 0 Å². The number of ether oxygens (including phenoxy) is 13. The Morgan fingerprint density at radius 2 is 0.646 bits per heavy atom. The highest BCUT2D eigenvalue weighted by atomic mass is 16.6. The summed E-state index contributed by atoms with van der Waals surface area (Å²) in [6, 6.07) is 8.84. The maximum absolute atomic E-state index is 11.8. The van der Waals surface area contributed by atoms with Crippen LogP contribution in [0, 0.1) is 12.3 Å². The van der Waals surface area contributed by atoms with Crippen molar-refractivity contribution in [2.24, 2.45) is 0 Å². The summed E-state index contributed by atoms with van der Waals surface area (Å²) in [5.41, 5.74) is 0.523. The average molecular weight is 689 g/mol. The third-order valence-electron chi connectivity index (χ3n) is 5.75. The van der Waals surface area contributed by atoms with Gasteiger partial charge in [0.15, 0.2) is 0 Å². The Kier molecular flexibility index (Phi) is 34.3. The van der Waals surface area contributed by atoms with E-state index in [9.17, 15) is 4.79 Å². The summed E-state index contributed by atoms with van der Waals surface area (Å²) in [7, 11) is 0. The third kappa shape index (κ3) is 32.3. The fourth-order valence-corrected chi connectivity index (χ4v) is 3.40. The van der Waals surface area contributed by atoms with Crippen LogP contribution < -0.4 is 0 Å². The maximum Gasteiger partial charge on any atom is 0.338 e. The molecular weight excluding hydrogens is 632 g/mol. The molecule has 0 aliphatic carbocycles. The van der Waals surface area contributed by atoms with Gasteiger partial charge in [0, 0.05) is 0 Å². The number of hydrogen-bond acceptors (Lipinski definition) is 14. The largest absolute Gasteiger partial charge is 0.460 e. The van der Waals surface area contributed by atoms with Gasteiger partial charge in [0.1, 0.15) is 13.2 Å². The van der Waals surface area contributed by atoms with E-state index in [1.807, 2.05) is 6.07 Å². The van der Waals surface area contributed by atoms with Gasteiger partial charge in [-0.3, -0.25) is 0 Å². The van der Waals surface area contributed by atoms with Crippen molar-refractivity contribution in [1.29, 1.82) is 0 Å². The van der Waals surface area contributed by atoms with Crippen LogP contribution >= 0.6 is 0 Å². The third-order valence-corrected chi connectivity index (χ3v) is 5.75. The first-order valence-corrected chi connectivity index (χ1v) is 16.4. The second-order valence-corrected chi connectivity index (χ2v) is 9.49. The van der Waals surface area contributed by atoms with Gasteiger partial charge >= 0.3 is 5.97 Å². The van der Waals surface area contributed by atoms with Gasteiger partial charge in [0.25, 0.3) is 0 Å².